The molecular formula is C12H22N2OS2. The maximum atomic E-state index is 10.9. The van der Waals surface area contributed by atoms with Crippen LogP contribution in [0, 0.1) is 0 Å². The Kier molecular flexibility index (Phi) is 11.6. The molecule has 3 nitrogen and oxygen atoms in total. The lowest BCUT2D eigenvalue weighted by Crippen LogP contribution is -2.24. The Balaban J connectivity index is 0.000000419. The smallest absolute Gasteiger partial charge is 0.279 e. The first-order valence-corrected chi connectivity index (χ1v) is 7.62. The number of hydrogen-bond donors (Lipinski definition) is 1. The van der Waals surface area contributed by atoms with Gasteiger partial charge in [-0.15, -0.1) is 0 Å². The monoisotopic (exact) mass is 274 g/mol. The van der Waals surface area contributed by atoms with Crippen LogP contribution in [0.3, 0.4) is 0 Å². The highest BCUT2D eigenvalue weighted by Gasteiger charge is 1.97. The molecule has 0 radical (unpaired) electrons. The zero-order valence-electron chi connectivity index (χ0n) is 10.8. The summed E-state index contributed by atoms with van der Waals surface area (Å²) >= 11 is 3.04. The Labute approximate surface area is 113 Å². The van der Waals surface area contributed by atoms with Crippen LogP contribution < -0.4 is 5.32 Å². The minimum absolute atomic E-state index is 0.0938. The predicted molar refractivity (Wildman–Crippen MR) is 79.0 cm³/mol. The van der Waals surface area contributed by atoms with Gasteiger partial charge >= 0.3 is 0 Å². The van der Waals surface area contributed by atoms with E-state index in [1.165, 1.54) is 11.8 Å². The molecule has 0 atom stereocenters. The van der Waals surface area contributed by atoms with Crippen LogP contribution in [0.4, 0.5) is 4.79 Å². The molecule has 1 aromatic heterocycles. The van der Waals surface area contributed by atoms with E-state index in [2.05, 4.69) is 10.2 Å². The van der Waals surface area contributed by atoms with Gasteiger partial charge < -0.3 is 10.2 Å². The van der Waals surface area contributed by atoms with E-state index in [9.17, 15) is 4.79 Å². The van der Waals surface area contributed by atoms with Crippen molar-refractivity contribution in [2.75, 3.05) is 32.9 Å². The lowest BCUT2D eigenvalue weighted by molar-refractivity contribution is 0.260. The minimum atomic E-state index is 0.0938. The quantitative estimate of drug-likeness (QED) is 0.837. The van der Waals surface area contributed by atoms with Crippen LogP contribution >= 0.6 is 23.1 Å². The third-order valence-electron chi connectivity index (χ3n) is 1.75. The summed E-state index contributed by atoms with van der Waals surface area (Å²) in [4.78, 5) is 13.0. The molecule has 0 aliphatic carbocycles. The number of hydrogen-bond acceptors (Lipinski definition) is 4. The second-order valence-electron chi connectivity index (χ2n) is 3.60. The molecule has 1 heterocycles. The zero-order valence-corrected chi connectivity index (χ0v) is 12.4. The molecule has 0 aromatic carbocycles. The highest BCUT2D eigenvalue weighted by atomic mass is 32.2. The van der Waals surface area contributed by atoms with Gasteiger partial charge in [0, 0.05) is 6.54 Å². The first-order chi connectivity index (χ1) is 8.16. The summed E-state index contributed by atoms with van der Waals surface area (Å²) in [5, 5.41) is 7.01. The first-order valence-electron chi connectivity index (χ1n) is 5.69. The van der Waals surface area contributed by atoms with Crippen molar-refractivity contribution in [2.24, 2.45) is 0 Å². The van der Waals surface area contributed by atoms with Crippen LogP contribution in [-0.2, 0) is 0 Å². The maximum absolute atomic E-state index is 10.9. The van der Waals surface area contributed by atoms with Gasteiger partial charge in [-0.05, 0) is 43.6 Å². The first kappa shape index (κ1) is 16.5. The molecule has 0 aliphatic heterocycles. The third-order valence-corrected chi connectivity index (χ3v) is 3.08. The minimum Gasteiger partial charge on any atom is -0.347 e. The average Bonchev–Trinajstić information content (AvgIpc) is 2.83. The van der Waals surface area contributed by atoms with Crippen molar-refractivity contribution in [3.05, 3.63) is 22.9 Å². The highest BCUT2D eigenvalue weighted by Crippen LogP contribution is 1.98. The van der Waals surface area contributed by atoms with E-state index >= 15 is 0 Å². The molecule has 1 rings (SSSR count). The van der Waals surface area contributed by atoms with Gasteiger partial charge in [0.2, 0.25) is 0 Å². The molecule has 5 heteroatoms. The van der Waals surface area contributed by atoms with Gasteiger partial charge in [-0.3, -0.25) is 4.79 Å². The molecule has 0 fully saturated rings. The molecule has 0 saturated heterocycles. The van der Waals surface area contributed by atoms with Crippen molar-refractivity contribution in [3.63, 3.8) is 0 Å². The van der Waals surface area contributed by atoms with Gasteiger partial charge in [0.1, 0.15) is 0 Å². The average molecular weight is 274 g/mol. The predicted octanol–water partition coefficient (Wildman–Crippen LogP) is 3.15. The number of rotatable bonds is 5. The van der Waals surface area contributed by atoms with Crippen LogP contribution in [0.15, 0.2) is 22.9 Å². The fraction of sp³-hybridized carbons (Fsp3) is 0.583. The van der Waals surface area contributed by atoms with E-state index < -0.39 is 0 Å². The van der Waals surface area contributed by atoms with Crippen molar-refractivity contribution in [1.29, 1.82) is 0 Å². The summed E-state index contributed by atoms with van der Waals surface area (Å²) in [6.07, 6.45) is 1.02. The number of nitrogens with one attached hydrogen (secondary N) is 1. The fourth-order valence-corrected chi connectivity index (χ4v) is 1.91. The topological polar surface area (TPSA) is 32.3 Å². The van der Waals surface area contributed by atoms with Crippen LogP contribution in [0.25, 0.3) is 0 Å². The van der Waals surface area contributed by atoms with E-state index in [1.54, 1.807) is 11.3 Å². The van der Waals surface area contributed by atoms with Crippen molar-refractivity contribution >= 4 is 28.3 Å². The molecule has 1 N–H and O–H groups in total. The van der Waals surface area contributed by atoms with Crippen LogP contribution in [0.2, 0.25) is 0 Å². The standard InChI is InChI=1S/C8H18N2OS.C4H4S/c1-4-12-8(11)9-6-5-7-10(2)3;1-2-4-5-3-1/h4-7H2,1-3H3,(H,9,11);1-4H. The molecule has 0 spiro atoms. The van der Waals surface area contributed by atoms with Gasteiger partial charge in [0.25, 0.3) is 5.24 Å². The molecule has 0 saturated carbocycles. The molecule has 0 aliphatic rings. The summed E-state index contributed by atoms with van der Waals surface area (Å²) in [5.41, 5.74) is 0. The Morgan fingerprint density at radius 2 is 2.00 bits per heavy atom. The molecule has 17 heavy (non-hydrogen) atoms. The Hall–Kier alpha value is -0.520. The van der Waals surface area contributed by atoms with E-state index in [-0.39, 0.29) is 5.24 Å². The van der Waals surface area contributed by atoms with Gasteiger partial charge in [0.15, 0.2) is 0 Å². The summed E-state index contributed by atoms with van der Waals surface area (Å²) < 4.78 is 0. The Morgan fingerprint density at radius 3 is 2.41 bits per heavy atom. The van der Waals surface area contributed by atoms with Gasteiger partial charge in [-0.2, -0.15) is 11.3 Å². The molecule has 98 valence electrons. The van der Waals surface area contributed by atoms with Gasteiger partial charge in [0.05, 0.1) is 0 Å². The summed E-state index contributed by atoms with van der Waals surface area (Å²) in [5.74, 6) is 0.847. The Morgan fingerprint density at radius 1 is 1.35 bits per heavy atom. The number of thiophene rings is 1. The number of amides is 1. The molecule has 1 amide bonds. The maximum Gasteiger partial charge on any atom is 0.279 e. The van der Waals surface area contributed by atoms with Gasteiger partial charge in [-0.25, -0.2) is 0 Å². The van der Waals surface area contributed by atoms with E-state index in [0.717, 1.165) is 25.3 Å². The summed E-state index contributed by atoms with van der Waals surface area (Å²) in [6, 6.07) is 4.04. The lowest BCUT2D eigenvalue weighted by Gasteiger charge is -2.09. The van der Waals surface area contributed by atoms with Crippen LogP contribution in [0.5, 0.6) is 0 Å². The van der Waals surface area contributed by atoms with E-state index in [4.69, 9.17) is 0 Å². The molecule has 0 bridgehead atoms. The largest absolute Gasteiger partial charge is 0.347 e. The third kappa shape index (κ3) is 13.4. The normalized spacial score (nSPS) is 9.65. The highest BCUT2D eigenvalue weighted by molar-refractivity contribution is 8.13. The van der Waals surface area contributed by atoms with E-state index in [0.29, 0.717) is 0 Å². The second-order valence-corrected chi connectivity index (χ2v) is 5.65. The molecule has 1 aromatic rings. The van der Waals surface area contributed by atoms with Crippen molar-refractivity contribution in [3.8, 4) is 0 Å². The SMILES string of the molecule is CCSC(=O)NCCCN(C)C.c1ccsc1. The fourth-order valence-electron chi connectivity index (χ4n) is 0.995. The number of carbonyl (C=O) groups excluding carboxylic acids is 1. The summed E-state index contributed by atoms with van der Waals surface area (Å²) in [7, 11) is 4.06. The van der Waals surface area contributed by atoms with Crippen molar-refractivity contribution < 1.29 is 4.79 Å². The number of thioether (sulfide) groups is 1. The van der Waals surface area contributed by atoms with E-state index in [1.807, 2.05) is 43.9 Å². The molecular weight excluding hydrogens is 252 g/mol. The van der Waals surface area contributed by atoms with Gasteiger partial charge in [-0.1, -0.05) is 30.8 Å². The Bertz CT molecular complexity index is 246. The van der Waals surface area contributed by atoms with Crippen molar-refractivity contribution in [1.82, 2.24) is 10.2 Å². The zero-order chi connectivity index (χ0) is 12.9. The van der Waals surface area contributed by atoms with Crippen molar-refractivity contribution in [2.45, 2.75) is 13.3 Å². The second kappa shape index (κ2) is 12.0. The molecule has 0 unspecified atom stereocenters. The van der Waals surface area contributed by atoms with Crippen LogP contribution in [-0.4, -0.2) is 43.1 Å². The number of nitrogens with zero attached hydrogens (tertiary/aromatic N) is 1. The lowest BCUT2D eigenvalue weighted by atomic mass is 10.4. The van der Waals surface area contributed by atoms with Crippen LogP contribution in [0.1, 0.15) is 13.3 Å². The summed E-state index contributed by atoms with van der Waals surface area (Å²) in [6.45, 7) is 3.78. The number of carbonyl (C=O) groups is 1.